The van der Waals surface area contributed by atoms with Crippen LogP contribution in [0.3, 0.4) is 0 Å². The predicted octanol–water partition coefficient (Wildman–Crippen LogP) is 2.53. The van der Waals surface area contributed by atoms with E-state index < -0.39 is 29.7 Å². The molecule has 0 aromatic heterocycles. The molecule has 64 heavy (non-hydrogen) atoms. The Morgan fingerprint density at radius 3 is 2.19 bits per heavy atom. The van der Waals surface area contributed by atoms with Crippen LogP contribution in [0.15, 0.2) is 84.3 Å². The Morgan fingerprint density at radius 1 is 0.719 bits per heavy atom. The first-order valence-corrected chi connectivity index (χ1v) is 22.8. The maximum Gasteiger partial charge on any atom is 0.262 e. The van der Waals surface area contributed by atoms with Gasteiger partial charge in [-0.3, -0.25) is 49.9 Å². The fraction of sp³-hybridized carbons (Fsp3) is 0.438. The molecule has 0 spiro atoms. The molecule has 8 heterocycles. The van der Waals surface area contributed by atoms with E-state index >= 15 is 0 Å². The van der Waals surface area contributed by atoms with Crippen molar-refractivity contribution in [2.45, 2.75) is 63.2 Å². The zero-order valence-electron chi connectivity index (χ0n) is 35.7. The largest absolute Gasteiger partial charge is 0.507 e. The van der Waals surface area contributed by atoms with Gasteiger partial charge in [0.15, 0.2) is 0 Å². The quantitative estimate of drug-likeness (QED) is 0.208. The summed E-state index contributed by atoms with van der Waals surface area (Å²) in [6.07, 6.45) is 6.18. The van der Waals surface area contributed by atoms with Crippen molar-refractivity contribution in [2.75, 3.05) is 62.2 Å². The fourth-order valence-corrected chi connectivity index (χ4v) is 11.8. The van der Waals surface area contributed by atoms with Gasteiger partial charge in [-0.05, 0) is 99.3 Å². The van der Waals surface area contributed by atoms with Crippen molar-refractivity contribution in [2.24, 2.45) is 23.5 Å². The van der Waals surface area contributed by atoms with Crippen LogP contribution in [0, 0.1) is 17.8 Å². The molecule has 6 N–H and O–H groups in total. The first-order chi connectivity index (χ1) is 31.1. The van der Waals surface area contributed by atoms with Crippen LogP contribution < -0.4 is 31.7 Å². The third-order valence-corrected chi connectivity index (χ3v) is 15.0. The average Bonchev–Trinajstić information content (AvgIpc) is 4.02. The summed E-state index contributed by atoms with van der Waals surface area (Å²) in [5, 5.41) is 12.7. The van der Waals surface area contributed by atoms with Crippen LogP contribution in [0.2, 0.25) is 0 Å². The minimum atomic E-state index is -0.990. The molecule has 0 saturated carbocycles. The maximum atomic E-state index is 13.9. The number of hydrogen-bond donors (Lipinski definition) is 5. The van der Waals surface area contributed by atoms with Crippen LogP contribution in [-0.2, 0) is 20.9 Å². The van der Waals surface area contributed by atoms with Crippen molar-refractivity contribution in [3.05, 3.63) is 107 Å². The van der Waals surface area contributed by atoms with Gasteiger partial charge < -0.3 is 30.4 Å². The van der Waals surface area contributed by atoms with Gasteiger partial charge in [0.05, 0.1) is 22.5 Å². The number of anilines is 2. The number of piperazine rings is 1. The van der Waals surface area contributed by atoms with E-state index in [2.05, 4.69) is 64.9 Å². The number of carbonyl (C=O) groups is 5. The van der Waals surface area contributed by atoms with Crippen LogP contribution in [0.1, 0.15) is 70.4 Å². The molecule has 11 rings (SSSR count). The van der Waals surface area contributed by atoms with Crippen LogP contribution in [-0.4, -0.2) is 125 Å². The number of fused-ring (bicyclic) bond motifs is 4. The van der Waals surface area contributed by atoms with Crippen LogP contribution in [0.25, 0.3) is 5.70 Å². The molecule has 16 heteroatoms. The van der Waals surface area contributed by atoms with E-state index in [0.717, 1.165) is 112 Å². The van der Waals surface area contributed by atoms with Gasteiger partial charge >= 0.3 is 0 Å². The zero-order chi connectivity index (χ0) is 43.8. The smallest absolute Gasteiger partial charge is 0.262 e. The number of rotatable bonds is 8. The Balaban J connectivity index is 0.664. The van der Waals surface area contributed by atoms with Gasteiger partial charge in [0, 0.05) is 99.0 Å². The van der Waals surface area contributed by atoms with E-state index in [1.165, 1.54) is 11.3 Å². The van der Waals surface area contributed by atoms with Crippen molar-refractivity contribution in [3.63, 3.8) is 0 Å². The molecule has 0 radical (unpaired) electrons. The fourth-order valence-electron chi connectivity index (χ4n) is 11.8. The van der Waals surface area contributed by atoms with E-state index in [9.17, 15) is 29.1 Å². The van der Waals surface area contributed by atoms with Crippen molar-refractivity contribution in [1.29, 1.82) is 0 Å². The van der Waals surface area contributed by atoms with Crippen molar-refractivity contribution >= 4 is 46.6 Å². The van der Waals surface area contributed by atoms with Crippen LogP contribution >= 0.6 is 0 Å². The van der Waals surface area contributed by atoms with Crippen molar-refractivity contribution in [1.82, 2.24) is 35.8 Å². The molecule has 3 unspecified atom stereocenters. The number of hydrogen-bond acceptors (Lipinski definition) is 13. The number of hydrazine groups is 1. The summed E-state index contributed by atoms with van der Waals surface area (Å²) in [7, 11) is 0. The van der Waals surface area contributed by atoms with Crippen molar-refractivity contribution in [3.8, 4) is 5.75 Å². The molecular weight excluding hydrogens is 813 g/mol. The summed E-state index contributed by atoms with van der Waals surface area (Å²) in [4.78, 5) is 77.5. The standard InChI is InChI=1S/C48H54N10O6/c49-44-41(20-39(51-52-44)37-6-1-2-7-42(37)59)55-26-34-8-9-35(27-55)57(34)33-5-3-4-28(18-33)21-53-16-14-29(15-17-53)46(62)56-24-30-22-54(23-31(30)25-56)32-10-11-36-38(19-32)48(64)58(47(36)63)40-12-13-43(60)50-45(40)61/h1-7,10-11,18-20,29-31,34-35,40,51-52,59H,8-9,12-17,21-27,49H2,(H,50,60,61)/t30-,31+,34?,35?,40?. The lowest BCUT2D eigenvalue weighted by Crippen LogP contribution is -2.54. The molecule has 8 aliphatic heterocycles. The topological polar surface area (TPSA) is 187 Å². The number of amides is 5. The van der Waals surface area contributed by atoms with Gasteiger partial charge in [-0.25, -0.2) is 0 Å². The highest BCUT2D eigenvalue weighted by Gasteiger charge is 2.47. The van der Waals surface area contributed by atoms with Gasteiger partial charge in [-0.15, -0.1) is 0 Å². The molecular formula is C48H54N10O6. The number of likely N-dealkylation sites (tertiary alicyclic amines) is 3. The molecule has 5 atom stereocenters. The molecule has 3 aromatic carbocycles. The van der Waals surface area contributed by atoms with E-state index in [4.69, 9.17) is 5.73 Å². The third-order valence-electron chi connectivity index (χ3n) is 15.0. The number of nitrogens with zero attached hydrogens (tertiary/aromatic N) is 6. The second-order valence-corrected chi connectivity index (χ2v) is 18.9. The highest BCUT2D eigenvalue weighted by atomic mass is 16.3. The molecule has 8 aliphatic rings. The normalized spacial score (nSPS) is 27.2. The molecule has 0 aliphatic carbocycles. The Hall–Kier alpha value is -6.55. The third kappa shape index (κ3) is 7.07. The van der Waals surface area contributed by atoms with E-state index in [-0.39, 0.29) is 41.5 Å². The number of aromatic hydroxyl groups is 1. The summed E-state index contributed by atoms with van der Waals surface area (Å²) < 4.78 is 0. The maximum absolute atomic E-state index is 13.9. The molecule has 5 amide bonds. The molecule has 2 bridgehead atoms. The van der Waals surface area contributed by atoms with Gasteiger partial charge in [0.2, 0.25) is 17.7 Å². The number of piperidine rings is 2. The first kappa shape index (κ1) is 40.2. The number of benzene rings is 3. The lowest BCUT2D eigenvalue weighted by molar-refractivity contribution is -0.137. The minimum Gasteiger partial charge on any atom is -0.507 e. The van der Waals surface area contributed by atoms with Crippen LogP contribution in [0.5, 0.6) is 5.75 Å². The van der Waals surface area contributed by atoms with Gasteiger partial charge in [-0.1, -0.05) is 24.3 Å². The summed E-state index contributed by atoms with van der Waals surface area (Å²) in [6.45, 7) is 7.32. The summed E-state index contributed by atoms with van der Waals surface area (Å²) in [5.41, 5.74) is 19.2. The van der Waals surface area contributed by atoms with Gasteiger partial charge in [0.1, 0.15) is 17.6 Å². The number of allylic oxidation sites excluding steroid dienone is 1. The number of phenols is 1. The molecule has 6 fully saturated rings. The van der Waals surface area contributed by atoms with Gasteiger partial charge in [-0.2, -0.15) is 0 Å². The van der Waals surface area contributed by atoms with Gasteiger partial charge in [0.25, 0.3) is 11.8 Å². The van der Waals surface area contributed by atoms with Crippen molar-refractivity contribution < 1.29 is 29.1 Å². The average molecular weight is 867 g/mol. The number of nitrogens with two attached hydrogens (primary N) is 1. The number of nitrogens with one attached hydrogen (secondary N) is 3. The second kappa shape index (κ2) is 15.9. The molecule has 332 valence electrons. The Labute approximate surface area is 371 Å². The minimum absolute atomic E-state index is 0.0283. The lowest BCUT2D eigenvalue weighted by atomic mass is 9.95. The second-order valence-electron chi connectivity index (χ2n) is 18.9. The molecule has 16 nitrogen and oxygen atoms in total. The Morgan fingerprint density at radius 2 is 1.45 bits per heavy atom. The number of imide groups is 2. The SMILES string of the molecule is NC1=C(N2CC3CCC(C2)N3c2cccc(CN3CCC(C(=O)N4C[C@@H]5CN(c6ccc7c(c6)C(=O)N(C6CCC(=O)NC6=O)C7=O)C[C@@H]5C4)CC3)c2)C=C(c2ccccc2O)NN1. The van der Waals surface area contributed by atoms with E-state index in [1.54, 1.807) is 18.2 Å². The van der Waals surface area contributed by atoms with Crippen LogP contribution in [0.4, 0.5) is 11.4 Å². The summed E-state index contributed by atoms with van der Waals surface area (Å²) >= 11 is 0. The van der Waals surface area contributed by atoms with E-state index in [1.807, 2.05) is 30.3 Å². The molecule has 6 saturated heterocycles. The predicted molar refractivity (Wildman–Crippen MR) is 238 cm³/mol. The summed E-state index contributed by atoms with van der Waals surface area (Å²) in [6, 6.07) is 21.3. The molecule has 3 aromatic rings. The monoisotopic (exact) mass is 866 g/mol. The number of phenolic OH excluding ortho intramolecular Hbond substituents is 1. The summed E-state index contributed by atoms with van der Waals surface area (Å²) in [5.74, 6) is -0.265. The lowest BCUT2D eigenvalue weighted by Gasteiger charge is -2.44. The Bertz CT molecular complexity index is 2490. The highest BCUT2D eigenvalue weighted by molar-refractivity contribution is 6.23. The number of para-hydroxylation sites is 1. The Kier molecular flexibility index (Phi) is 10.0. The highest BCUT2D eigenvalue weighted by Crippen LogP contribution is 2.40. The first-order valence-electron chi connectivity index (χ1n) is 22.8. The van der Waals surface area contributed by atoms with E-state index in [0.29, 0.717) is 29.7 Å². The zero-order valence-corrected chi connectivity index (χ0v) is 35.7. The number of carbonyl (C=O) groups excluding carboxylic acids is 5.